The summed E-state index contributed by atoms with van der Waals surface area (Å²) in [6.07, 6.45) is 2.01. The van der Waals surface area contributed by atoms with Crippen LogP contribution < -0.4 is 4.74 Å². The molecule has 0 aliphatic rings. The molecule has 0 N–H and O–H groups in total. The fourth-order valence-corrected chi connectivity index (χ4v) is 4.71. The molecule has 2 aromatic carbocycles. The van der Waals surface area contributed by atoms with Crippen LogP contribution in [0.3, 0.4) is 0 Å². The number of carbonyl (C=O) groups is 1. The molecule has 8 heteroatoms. The monoisotopic (exact) mass is 469 g/mol. The number of carbonyl (C=O) groups excluding carboxylic acids is 1. The first kappa shape index (κ1) is 22.3. The Morgan fingerprint density at radius 2 is 2.03 bits per heavy atom. The van der Waals surface area contributed by atoms with E-state index in [0.29, 0.717) is 16.8 Å². The number of nitrogens with zero attached hydrogens (tertiary/aromatic N) is 3. The average Bonchev–Trinajstić information content (AvgIpc) is 3.35. The first-order valence-corrected chi connectivity index (χ1v) is 11.5. The molecule has 0 aliphatic heterocycles. The van der Waals surface area contributed by atoms with Gasteiger partial charge in [0.05, 0.1) is 42.1 Å². The zero-order valence-corrected chi connectivity index (χ0v) is 20.0. The van der Waals surface area contributed by atoms with Crippen LogP contribution in [0.15, 0.2) is 42.7 Å². The number of aryl methyl sites for hydroxylation is 1. The number of halogens is 1. The molecule has 0 saturated heterocycles. The second-order valence-electron chi connectivity index (χ2n) is 7.78. The summed E-state index contributed by atoms with van der Waals surface area (Å²) in [6.45, 7) is 6.34. The maximum atomic E-state index is 12.5. The van der Waals surface area contributed by atoms with Gasteiger partial charge in [0.1, 0.15) is 17.4 Å². The molecule has 0 radical (unpaired) electrons. The summed E-state index contributed by atoms with van der Waals surface area (Å²) in [4.78, 5) is 22.4. The van der Waals surface area contributed by atoms with Gasteiger partial charge in [-0.05, 0) is 56.7 Å². The van der Waals surface area contributed by atoms with Crippen LogP contribution >= 0.6 is 22.9 Å². The number of hydrogen-bond donors (Lipinski definition) is 0. The Kier molecular flexibility index (Phi) is 6.48. The Morgan fingerprint density at radius 3 is 2.78 bits per heavy atom. The summed E-state index contributed by atoms with van der Waals surface area (Å²) in [5, 5.41) is 1.38. The summed E-state index contributed by atoms with van der Waals surface area (Å²) in [7, 11) is 1.60. The van der Waals surface area contributed by atoms with Crippen LogP contribution in [0.4, 0.5) is 0 Å². The largest absolute Gasteiger partial charge is 0.496 e. The molecular weight excluding hydrogens is 446 g/mol. The molecular formula is C24H24ClN3O3S. The van der Waals surface area contributed by atoms with E-state index in [1.807, 2.05) is 37.5 Å². The van der Waals surface area contributed by atoms with Crippen molar-refractivity contribution in [3.05, 3.63) is 63.9 Å². The number of fused-ring (bicyclic) bond motifs is 1. The van der Waals surface area contributed by atoms with Crippen molar-refractivity contribution < 1.29 is 14.3 Å². The Balaban J connectivity index is 1.43. The smallest absolute Gasteiger partial charge is 0.311 e. The molecule has 4 aromatic rings. The first-order valence-electron chi connectivity index (χ1n) is 10.3. The van der Waals surface area contributed by atoms with Crippen LogP contribution in [-0.2, 0) is 22.6 Å². The van der Waals surface area contributed by atoms with E-state index in [4.69, 9.17) is 21.1 Å². The number of benzene rings is 2. The number of ether oxygens (including phenoxy) is 2. The minimum atomic E-state index is -0.292. The summed E-state index contributed by atoms with van der Waals surface area (Å²) >= 11 is 7.51. The van der Waals surface area contributed by atoms with Crippen LogP contribution in [0, 0.1) is 6.92 Å². The molecule has 0 amide bonds. The molecule has 0 aliphatic carbocycles. The van der Waals surface area contributed by atoms with Crippen LogP contribution in [0.25, 0.3) is 21.6 Å². The van der Waals surface area contributed by atoms with Gasteiger partial charge in [-0.15, -0.1) is 11.3 Å². The van der Waals surface area contributed by atoms with Gasteiger partial charge in [-0.2, -0.15) is 0 Å². The van der Waals surface area contributed by atoms with E-state index in [2.05, 4.69) is 28.4 Å². The molecule has 0 fully saturated rings. The van der Waals surface area contributed by atoms with Crippen molar-refractivity contribution in [3.8, 4) is 16.3 Å². The van der Waals surface area contributed by atoms with Gasteiger partial charge in [-0.3, -0.25) is 4.79 Å². The molecule has 0 unspecified atom stereocenters. The second kappa shape index (κ2) is 9.30. The minimum absolute atomic E-state index is 0.170. The number of aromatic nitrogens is 3. The highest BCUT2D eigenvalue weighted by Gasteiger charge is 2.17. The number of hydrogen-bond acceptors (Lipinski definition) is 6. The summed E-state index contributed by atoms with van der Waals surface area (Å²) in [5.41, 5.74) is 4.53. The Morgan fingerprint density at radius 1 is 1.22 bits per heavy atom. The molecule has 2 heterocycles. The molecule has 2 aromatic heterocycles. The van der Waals surface area contributed by atoms with Gasteiger partial charge < -0.3 is 14.0 Å². The number of methoxy groups -OCH3 is 1. The summed E-state index contributed by atoms with van der Waals surface area (Å²) in [6, 6.07) is 11.7. The van der Waals surface area contributed by atoms with Crippen LogP contribution in [-0.4, -0.2) is 27.6 Å². The molecule has 32 heavy (non-hydrogen) atoms. The van der Waals surface area contributed by atoms with Crippen LogP contribution in [0.2, 0.25) is 5.02 Å². The van der Waals surface area contributed by atoms with Crippen molar-refractivity contribution in [2.45, 2.75) is 39.8 Å². The van der Waals surface area contributed by atoms with E-state index in [9.17, 15) is 4.79 Å². The van der Waals surface area contributed by atoms with Crippen LogP contribution in [0.5, 0.6) is 5.75 Å². The van der Waals surface area contributed by atoms with E-state index >= 15 is 0 Å². The van der Waals surface area contributed by atoms with E-state index in [-0.39, 0.29) is 19.0 Å². The SMILES string of the molecule is COc1cc(Cl)ccc1-c1nc(C)c(CC(=O)OCc2ccc3c(c2)ncn3C(C)C)s1. The second-order valence-corrected chi connectivity index (χ2v) is 9.30. The third kappa shape index (κ3) is 4.64. The van der Waals surface area contributed by atoms with Crippen molar-refractivity contribution in [2.24, 2.45) is 0 Å². The molecule has 0 atom stereocenters. The van der Waals surface area contributed by atoms with E-state index in [1.165, 1.54) is 11.3 Å². The highest BCUT2D eigenvalue weighted by atomic mass is 35.5. The summed E-state index contributed by atoms with van der Waals surface area (Å²) in [5.74, 6) is 0.356. The lowest BCUT2D eigenvalue weighted by molar-refractivity contribution is -0.144. The van der Waals surface area contributed by atoms with E-state index in [0.717, 1.165) is 37.7 Å². The number of thiazole rings is 1. The predicted molar refractivity (Wildman–Crippen MR) is 127 cm³/mol. The highest BCUT2D eigenvalue weighted by Crippen LogP contribution is 2.36. The lowest BCUT2D eigenvalue weighted by atomic mass is 10.2. The maximum absolute atomic E-state index is 12.5. The third-order valence-electron chi connectivity index (χ3n) is 5.19. The summed E-state index contributed by atoms with van der Waals surface area (Å²) < 4.78 is 13.1. The van der Waals surface area contributed by atoms with Gasteiger partial charge in [0.2, 0.25) is 0 Å². The van der Waals surface area contributed by atoms with E-state index in [1.54, 1.807) is 19.2 Å². The topological polar surface area (TPSA) is 66.2 Å². The van der Waals surface area contributed by atoms with Gasteiger partial charge in [0.15, 0.2) is 0 Å². The Bertz CT molecular complexity index is 1280. The van der Waals surface area contributed by atoms with Crippen molar-refractivity contribution >= 4 is 39.9 Å². The molecule has 0 bridgehead atoms. The van der Waals surface area contributed by atoms with Crippen molar-refractivity contribution in [2.75, 3.05) is 7.11 Å². The minimum Gasteiger partial charge on any atom is -0.496 e. The normalized spacial score (nSPS) is 11.3. The van der Waals surface area contributed by atoms with Crippen molar-refractivity contribution in [1.82, 2.24) is 14.5 Å². The zero-order chi connectivity index (χ0) is 22.8. The van der Waals surface area contributed by atoms with Gasteiger partial charge in [-0.25, -0.2) is 9.97 Å². The lowest BCUT2D eigenvalue weighted by Crippen LogP contribution is -2.08. The number of rotatable bonds is 7. The lowest BCUT2D eigenvalue weighted by Gasteiger charge is -2.08. The fraction of sp³-hybridized carbons (Fsp3) is 0.292. The predicted octanol–water partition coefficient (Wildman–Crippen LogP) is 6.00. The van der Waals surface area contributed by atoms with Crippen molar-refractivity contribution in [1.29, 1.82) is 0 Å². The first-order chi connectivity index (χ1) is 15.4. The standard InChI is InChI=1S/C24H24ClN3O3S/c1-14(2)28-13-26-19-9-16(5-8-20(19)28)12-31-23(29)11-22-15(3)27-24(32-22)18-7-6-17(25)10-21(18)30-4/h5-10,13-14H,11-12H2,1-4H3. The average molecular weight is 470 g/mol. The van der Waals surface area contributed by atoms with Gasteiger partial charge in [-0.1, -0.05) is 17.7 Å². The maximum Gasteiger partial charge on any atom is 0.311 e. The molecule has 0 saturated carbocycles. The molecule has 4 rings (SSSR count). The molecule has 166 valence electrons. The Labute approximate surface area is 195 Å². The Hall–Kier alpha value is -2.90. The van der Waals surface area contributed by atoms with Gasteiger partial charge >= 0.3 is 5.97 Å². The zero-order valence-electron chi connectivity index (χ0n) is 18.4. The molecule has 6 nitrogen and oxygen atoms in total. The fourth-order valence-electron chi connectivity index (χ4n) is 3.47. The van der Waals surface area contributed by atoms with Crippen molar-refractivity contribution in [3.63, 3.8) is 0 Å². The number of esters is 1. The quantitative estimate of drug-likeness (QED) is 0.311. The van der Waals surface area contributed by atoms with E-state index < -0.39 is 0 Å². The van der Waals surface area contributed by atoms with Gasteiger partial charge in [0.25, 0.3) is 0 Å². The number of imidazole rings is 1. The van der Waals surface area contributed by atoms with Gasteiger partial charge in [0, 0.05) is 15.9 Å². The highest BCUT2D eigenvalue weighted by molar-refractivity contribution is 7.15. The molecule has 0 spiro atoms. The third-order valence-corrected chi connectivity index (χ3v) is 6.61. The van der Waals surface area contributed by atoms with Crippen LogP contribution in [0.1, 0.15) is 36.0 Å².